The van der Waals surface area contributed by atoms with E-state index in [9.17, 15) is 0 Å². The molecular formula is C65H58Br2N6. The highest BCUT2D eigenvalue weighted by molar-refractivity contribution is 9.11. The van der Waals surface area contributed by atoms with Crippen molar-refractivity contribution in [3.05, 3.63) is 239 Å². The van der Waals surface area contributed by atoms with E-state index in [2.05, 4.69) is 257 Å². The lowest BCUT2D eigenvalue weighted by atomic mass is 9.86. The van der Waals surface area contributed by atoms with Gasteiger partial charge in [0.25, 0.3) is 0 Å². The molecule has 0 fully saturated rings. The minimum absolute atomic E-state index is 0.0120. The first-order chi connectivity index (χ1) is 35.1. The van der Waals surface area contributed by atoms with Crippen molar-refractivity contribution < 1.29 is 0 Å². The van der Waals surface area contributed by atoms with E-state index in [1.807, 2.05) is 61.1 Å². The zero-order valence-corrected chi connectivity index (χ0v) is 45.1. The fourth-order valence-electron chi connectivity index (χ4n) is 8.64. The summed E-state index contributed by atoms with van der Waals surface area (Å²) in [5, 5.41) is 14.3. The first kappa shape index (κ1) is 50.3. The molecule has 11 aromatic rings. The number of nitrogens with one attached hydrogen (secondary N) is 2. The molecule has 0 aliphatic rings. The maximum atomic E-state index is 5.70. The highest BCUT2D eigenvalue weighted by Gasteiger charge is 2.17. The molecule has 0 aliphatic heterocycles. The van der Waals surface area contributed by atoms with Gasteiger partial charge in [-0.15, -0.1) is 0 Å². The van der Waals surface area contributed by atoms with Gasteiger partial charge < -0.3 is 16.4 Å². The second-order valence-corrected chi connectivity index (χ2v) is 22.0. The summed E-state index contributed by atoms with van der Waals surface area (Å²) in [6, 6.07) is 69.0. The van der Waals surface area contributed by atoms with Gasteiger partial charge in [0.2, 0.25) is 0 Å². The number of hydrogen-bond donors (Lipinski definition) is 3. The van der Waals surface area contributed by atoms with Gasteiger partial charge >= 0.3 is 0 Å². The molecule has 6 nitrogen and oxygen atoms in total. The molecule has 0 saturated heterocycles. The van der Waals surface area contributed by atoms with E-state index in [-0.39, 0.29) is 10.8 Å². The average molecular weight is 1080 g/mol. The molecule has 0 aliphatic carbocycles. The number of halogens is 2. The van der Waals surface area contributed by atoms with Crippen molar-refractivity contribution in [3.63, 3.8) is 0 Å². The van der Waals surface area contributed by atoms with E-state index >= 15 is 0 Å². The number of anilines is 5. The first-order valence-electron chi connectivity index (χ1n) is 24.4. The lowest BCUT2D eigenvalue weighted by molar-refractivity contribution is 0.589. The van der Waals surface area contributed by atoms with Gasteiger partial charge in [-0.05, 0) is 129 Å². The van der Waals surface area contributed by atoms with Gasteiger partial charge in [-0.25, -0.2) is 0 Å². The van der Waals surface area contributed by atoms with Crippen molar-refractivity contribution in [2.24, 2.45) is 0 Å². The normalized spacial score (nSPS) is 11.3. The molecule has 8 aromatic carbocycles. The predicted octanol–water partition coefficient (Wildman–Crippen LogP) is 18.9. The Balaban J connectivity index is 0.000000183. The Hall–Kier alpha value is -7.65. The van der Waals surface area contributed by atoms with Crippen LogP contribution in [-0.4, -0.2) is 15.0 Å². The molecule has 3 heterocycles. The molecule has 0 spiro atoms. The zero-order chi connectivity index (χ0) is 51.1. The van der Waals surface area contributed by atoms with Crippen LogP contribution in [0.5, 0.6) is 0 Å². The molecule has 0 unspecified atom stereocenters. The van der Waals surface area contributed by atoms with Crippen LogP contribution >= 0.6 is 31.9 Å². The number of aromatic nitrogens is 3. The molecule has 3 aromatic heterocycles. The number of pyridine rings is 3. The largest absolute Gasteiger partial charge is 0.399 e. The minimum Gasteiger partial charge on any atom is -0.399 e. The lowest BCUT2D eigenvalue weighted by Crippen LogP contribution is -2.12. The van der Waals surface area contributed by atoms with Crippen molar-refractivity contribution in [1.82, 2.24) is 15.0 Å². The second kappa shape index (κ2) is 22.0. The zero-order valence-electron chi connectivity index (χ0n) is 42.0. The van der Waals surface area contributed by atoms with Crippen LogP contribution in [0.15, 0.2) is 228 Å². The predicted molar refractivity (Wildman–Crippen MR) is 318 cm³/mol. The van der Waals surface area contributed by atoms with Crippen molar-refractivity contribution in [3.8, 4) is 33.8 Å². The lowest BCUT2D eigenvalue weighted by Gasteiger charge is -2.22. The quantitative estimate of drug-likeness (QED) is 0.138. The first-order valence-corrected chi connectivity index (χ1v) is 26.0. The number of nitrogens with zero attached hydrogens (tertiary/aromatic N) is 3. The summed E-state index contributed by atoms with van der Waals surface area (Å²) in [5.74, 6) is 0. The van der Waals surface area contributed by atoms with Gasteiger partial charge in [0.15, 0.2) is 0 Å². The number of benzene rings is 8. The highest BCUT2D eigenvalue weighted by atomic mass is 79.9. The van der Waals surface area contributed by atoms with E-state index in [0.29, 0.717) is 0 Å². The van der Waals surface area contributed by atoms with E-state index in [1.165, 1.54) is 32.7 Å². The molecule has 73 heavy (non-hydrogen) atoms. The van der Waals surface area contributed by atoms with Gasteiger partial charge in [-0.1, -0.05) is 183 Å². The topological polar surface area (TPSA) is 88.8 Å². The van der Waals surface area contributed by atoms with Crippen LogP contribution in [0.3, 0.4) is 0 Å². The molecule has 0 bridgehead atoms. The van der Waals surface area contributed by atoms with E-state index in [1.54, 1.807) is 0 Å². The third kappa shape index (κ3) is 12.5. The fourth-order valence-corrected chi connectivity index (χ4v) is 9.93. The van der Waals surface area contributed by atoms with Crippen LogP contribution in [0.2, 0.25) is 0 Å². The van der Waals surface area contributed by atoms with Gasteiger partial charge in [-0.3, -0.25) is 15.0 Å². The van der Waals surface area contributed by atoms with Crippen LogP contribution in [-0.2, 0) is 10.8 Å². The summed E-state index contributed by atoms with van der Waals surface area (Å²) in [6.07, 6.45) is 5.60. The van der Waals surface area contributed by atoms with Crippen LogP contribution in [0, 0.1) is 0 Å². The summed E-state index contributed by atoms with van der Waals surface area (Å²) in [5.41, 5.74) is 19.7. The Bertz CT molecular complexity index is 3490. The summed E-state index contributed by atoms with van der Waals surface area (Å²) >= 11 is 6.95. The Kier molecular flexibility index (Phi) is 15.2. The van der Waals surface area contributed by atoms with E-state index in [4.69, 9.17) is 5.73 Å². The average Bonchev–Trinajstić information content (AvgIpc) is 3.38. The fraction of sp³-hybridized carbons (Fsp3) is 0.123. The van der Waals surface area contributed by atoms with E-state index in [0.717, 1.165) is 81.9 Å². The number of rotatable bonds is 7. The van der Waals surface area contributed by atoms with Crippen molar-refractivity contribution >= 4 is 92.6 Å². The van der Waals surface area contributed by atoms with Crippen LogP contribution in [0.4, 0.5) is 28.4 Å². The van der Waals surface area contributed by atoms with Crippen molar-refractivity contribution in [2.75, 3.05) is 16.4 Å². The number of nitrogens with two attached hydrogens (primary N) is 1. The molecular weight excluding hydrogens is 1020 g/mol. The standard InChI is InChI=1S/C40H34N4.C15H12N2.C10H12Br2/c1-40(2,3)31-24-34(43-32-16-12-29(13-17-32)38-36-10-6-4-8-27(36)20-22-41-38)26-35(25-31)44-33-18-14-30(15-19-33)39-37-11-7-5-9-28(37)21-23-42-39;16-13-7-5-12(6-8-13)15-14-4-2-1-3-11(14)9-10-17-15;1-10(2,3)7-4-8(11)6-9(12)5-7/h4-26,43-44H,1-3H3;1-10H,16H2;4-6H,1-3H3. The Morgan fingerprint density at radius 2 is 0.685 bits per heavy atom. The molecule has 0 radical (unpaired) electrons. The molecule has 0 atom stereocenters. The monoisotopic (exact) mass is 1080 g/mol. The van der Waals surface area contributed by atoms with Crippen molar-refractivity contribution in [2.45, 2.75) is 52.4 Å². The highest BCUT2D eigenvalue weighted by Crippen LogP contribution is 2.35. The van der Waals surface area contributed by atoms with Gasteiger partial charge in [-0.2, -0.15) is 0 Å². The third-order valence-electron chi connectivity index (χ3n) is 12.6. The number of nitrogen functional groups attached to an aromatic ring is 1. The summed E-state index contributed by atoms with van der Waals surface area (Å²) in [7, 11) is 0. The molecule has 8 heteroatoms. The van der Waals surface area contributed by atoms with Gasteiger partial charge in [0.1, 0.15) is 0 Å². The Morgan fingerprint density at radius 1 is 0.356 bits per heavy atom. The van der Waals surface area contributed by atoms with Crippen LogP contribution in [0.25, 0.3) is 66.1 Å². The van der Waals surface area contributed by atoms with E-state index < -0.39 is 0 Å². The van der Waals surface area contributed by atoms with Crippen molar-refractivity contribution in [1.29, 1.82) is 0 Å². The minimum atomic E-state index is -0.0120. The molecule has 0 saturated carbocycles. The van der Waals surface area contributed by atoms with Gasteiger partial charge in [0, 0.05) is 88.8 Å². The van der Waals surface area contributed by atoms with Gasteiger partial charge in [0.05, 0.1) is 17.1 Å². The maximum absolute atomic E-state index is 5.70. The SMILES string of the molecule is CC(C)(C)c1cc(Br)cc(Br)c1.CC(C)(C)c1cc(Nc2ccc(-c3nccc4ccccc34)cc2)cc(Nc2ccc(-c3nccc4ccccc34)cc2)c1.Nc1ccc(-c2nccc3ccccc23)cc1. The molecule has 0 amide bonds. The maximum Gasteiger partial charge on any atom is 0.0780 e. The Labute approximate surface area is 446 Å². The molecule has 362 valence electrons. The summed E-state index contributed by atoms with van der Waals surface area (Å²) in [6.45, 7) is 13.4. The second-order valence-electron chi connectivity index (χ2n) is 20.1. The summed E-state index contributed by atoms with van der Waals surface area (Å²) < 4.78 is 2.25. The Morgan fingerprint density at radius 3 is 1.04 bits per heavy atom. The molecule has 11 rings (SSSR count). The van der Waals surface area contributed by atoms with Crippen LogP contribution in [0.1, 0.15) is 52.7 Å². The molecule has 4 N–H and O–H groups in total. The number of fused-ring (bicyclic) bond motifs is 3. The number of hydrogen-bond acceptors (Lipinski definition) is 6. The third-order valence-corrected chi connectivity index (χ3v) is 13.5. The van der Waals surface area contributed by atoms with Crippen LogP contribution < -0.4 is 16.4 Å². The smallest absolute Gasteiger partial charge is 0.0780 e. The summed E-state index contributed by atoms with van der Waals surface area (Å²) in [4.78, 5) is 13.8.